The van der Waals surface area contributed by atoms with Crippen LogP contribution in [0.4, 0.5) is 11.6 Å². The van der Waals surface area contributed by atoms with Crippen molar-refractivity contribution in [2.75, 3.05) is 76.6 Å². The number of halogens is 2. The molecule has 6 N–H and O–H groups in total. The molecule has 0 aliphatic carbocycles. The van der Waals surface area contributed by atoms with Crippen molar-refractivity contribution in [2.24, 2.45) is 0 Å². The lowest BCUT2D eigenvalue weighted by Gasteiger charge is -2.27. The molecule has 0 spiro atoms. The fourth-order valence-electron chi connectivity index (χ4n) is 5.90. The first-order chi connectivity index (χ1) is 23.2. The Morgan fingerprint density at radius 1 is 0.729 bits per heavy atom. The summed E-state index contributed by atoms with van der Waals surface area (Å²) in [5.74, 6) is 1.10. The zero-order valence-corrected chi connectivity index (χ0v) is 30.8. The molecule has 4 aliphatic heterocycles. The van der Waals surface area contributed by atoms with Crippen LogP contribution in [-0.4, -0.2) is 140 Å². The van der Waals surface area contributed by atoms with Crippen LogP contribution in [0.2, 0.25) is 0 Å². The Morgan fingerprint density at radius 2 is 1.17 bits per heavy atom. The topological polar surface area (TPSA) is 209 Å². The molecule has 4 fully saturated rings. The van der Waals surface area contributed by atoms with Gasteiger partial charge in [-0.05, 0) is 71.1 Å². The molecule has 0 aromatic carbocycles. The minimum Gasteiger partial charge on any atom is -0.394 e. The van der Waals surface area contributed by atoms with E-state index in [2.05, 4.69) is 75.6 Å². The van der Waals surface area contributed by atoms with Gasteiger partial charge in [-0.3, -0.25) is 18.9 Å². The van der Waals surface area contributed by atoms with Gasteiger partial charge in [0.05, 0.1) is 59.1 Å². The lowest BCUT2D eigenvalue weighted by molar-refractivity contribution is -0.0459. The number of rotatable bonds is 10. The third-order valence-electron chi connectivity index (χ3n) is 8.70. The lowest BCUT2D eigenvalue weighted by Crippen LogP contribution is -2.40. The number of aliphatic hydroxyl groups is 4. The van der Waals surface area contributed by atoms with Crippen molar-refractivity contribution in [1.29, 1.82) is 0 Å². The first kappa shape index (κ1) is 37.7. The van der Waals surface area contributed by atoms with Crippen molar-refractivity contribution in [1.82, 2.24) is 28.9 Å². The van der Waals surface area contributed by atoms with Crippen molar-refractivity contribution in [3.63, 3.8) is 0 Å². The van der Waals surface area contributed by atoms with Gasteiger partial charge in [0.15, 0.2) is 0 Å². The number of likely N-dealkylation sites (tertiary alicyclic amines) is 1. The van der Waals surface area contributed by atoms with E-state index in [1.807, 2.05) is 0 Å². The zero-order valence-electron chi connectivity index (χ0n) is 26.5. The molecule has 6 atom stereocenters. The van der Waals surface area contributed by atoms with Crippen LogP contribution in [-0.2, 0) is 14.2 Å². The Labute approximate surface area is 304 Å². The summed E-state index contributed by atoms with van der Waals surface area (Å²) in [7, 11) is 0. The molecule has 4 saturated heterocycles. The third kappa shape index (κ3) is 9.82. The van der Waals surface area contributed by atoms with E-state index in [1.165, 1.54) is 28.4 Å². The average Bonchev–Trinajstić information content (AvgIpc) is 3.67. The summed E-state index contributed by atoms with van der Waals surface area (Å²) in [6.45, 7) is 5.96. The van der Waals surface area contributed by atoms with Crippen LogP contribution in [0.5, 0.6) is 0 Å². The van der Waals surface area contributed by atoms with Crippen molar-refractivity contribution < 1.29 is 34.6 Å². The molecule has 0 radical (unpaired) electrons. The smallest absolute Gasteiger partial charge is 0.351 e. The van der Waals surface area contributed by atoms with Gasteiger partial charge in [0.2, 0.25) is 0 Å². The molecule has 2 aromatic rings. The first-order valence-corrected chi connectivity index (χ1v) is 18.3. The van der Waals surface area contributed by atoms with Gasteiger partial charge >= 0.3 is 11.4 Å². The van der Waals surface area contributed by atoms with Crippen LogP contribution < -0.4 is 22.0 Å². The summed E-state index contributed by atoms with van der Waals surface area (Å²) in [4.78, 5) is 37.3. The lowest BCUT2D eigenvalue weighted by atomic mass is 10.1. The number of aromatic nitrogens is 4. The molecule has 6 heterocycles. The van der Waals surface area contributed by atoms with E-state index < -0.39 is 48.3 Å². The van der Waals surface area contributed by atoms with Crippen molar-refractivity contribution in [2.45, 2.75) is 69.0 Å². The number of hydrogen-bond donors (Lipinski definition) is 6. The summed E-state index contributed by atoms with van der Waals surface area (Å²) >= 11 is 4.24. The van der Waals surface area contributed by atoms with E-state index in [4.69, 9.17) is 24.4 Å². The number of anilines is 2. The fraction of sp³-hybridized carbons (Fsp3) is 0.724. The Kier molecular flexibility index (Phi) is 14.2. The monoisotopic (exact) mass is 902 g/mol. The minimum atomic E-state index is -0.788. The highest BCUT2D eigenvalue weighted by Gasteiger charge is 2.36. The first-order valence-electron chi connectivity index (χ1n) is 16.1. The van der Waals surface area contributed by atoms with E-state index in [0.29, 0.717) is 38.2 Å². The normalized spacial score (nSPS) is 28.2. The van der Waals surface area contributed by atoms with E-state index in [0.717, 1.165) is 33.3 Å². The third-order valence-corrected chi connectivity index (χ3v) is 10.3. The van der Waals surface area contributed by atoms with Gasteiger partial charge in [-0.1, -0.05) is 6.42 Å². The van der Waals surface area contributed by atoms with E-state index >= 15 is 0 Å². The summed E-state index contributed by atoms with van der Waals surface area (Å²) < 4.78 is 20.7. The largest absolute Gasteiger partial charge is 0.394 e. The number of nitrogens with one attached hydrogen (secondary N) is 2. The summed E-state index contributed by atoms with van der Waals surface area (Å²) in [5, 5.41) is 44.4. The number of piperidine rings is 1. The predicted octanol–water partition coefficient (Wildman–Crippen LogP) is -0.466. The van der Waals surface area contributed by atoms with Crippen LogP contribution in [0.25, 0.3) is 0 Å². The van der Waals surface area contributed by atoms with E-state index in [9.17, 15) is 19.8 Å². The molecule has 4 aliphatic rings. The molecule has 2 aromatic heterocycles. The van der Waals surface area contributed by atoms with Gasteiger partial charge < -0.3 is 45.3 Å². The molecule has 19 heteroatoms. The van der Waals surface area contributed by atoms with Gasteiger partial charge in [-0.25, -0.2) is 9.59 Å². The molecule has 0 unspecified atom stereocenters. The average molecular weight is 903 g/mol. The Bertz CT molecular complexity index is 1350. The highest BCUT2D eigenvalue weighted by molar-refractivity contribution is 14.1. The van der Waals surface area contributed by atoms with Crippen molar-refractivity contribution >= 4 is 56.8 Å². The number of hydrogen-bond acceptors (Lipinski definition) is 15. The highest BCUT2D eigenvalue weighted by Crippen LogP contribution is 2.29. The summed E-state index contributed by atoms with van der Waals surface area (Å²) in [6.07, 6.45) is 3.47. The van der Waals surface area contributed by atoms with Crippen molar-refractivity contribution in [3.8, 4) is 0 Å². The van der Waals surface area contributed by atoms with Gasteiger partial charge in [0.1, 0.15) is 36.3 Å². The van der Waals surface area contributed by atoms with Crippen LogP contribution >= 0.6 is 45.2 Å². The standard InChI is InChI=1S/C15H23IN4O4.C14H21IN4O5/c16-10-7-20(13-6-11(22)12(8-21)24-13)15(23)18-14(10)17-9-19-4-2-1-3-5-19;15-9-6-19(12-5-10(21)11(7-20)24-12)14(22)17-13(9)16-8-18-1-3-23-4-2-18/h7,11-13,21-22H,1-6,8-9H2,(H,17,18,23);6,10-12,20-21H,1-5,7-8H2,(H,16,17,22)/t11-,12-,13-;10-,11-,12-/m11/s1. The van der Waals surface area contributed by atoms with Crippen LogP contribution in [0.15, 0.2) is 22.0 Å². The highest BCUT2D eigenvalue weighted by atomic mass is 127. The molecular weight excluding hydrogens is 858 g/mol. The minimum absolute atomic E-state index is 0.253. The summed E-state index contributed by atoms with van der Waals surface area (Å²) in [6, 6.07) is 0. The van der Waals surface area contributed by atoms with Crippen LogP contribution in [0.1, 0.15) is 44.6 Å². The van der Waals surface area contributed by atoms with Crippen LogP contribution in [0, 0.1) is 7.14 Å². The molecule has 17 nitrogen and oxygen atoms in total. The molecule has 0 amide bonds. The SMILES string of the molecule is O=c1nc(NCN2CCCCC2)c(I)cn1[C@H]1C[C@@H](O)[C@@H](CO)O1.O=c1nc(NCN2CCOCC2)c(I)cn1[C@H]1C[C@@H](O)[C@@H](CO)O1. The predicted molar refractivity (Wildman–Crippen MR) is 190 cm³/mol. The maximum Gasteiger partial charge on any atom is 0.351 e. The van der Waals surface area contributed by atoms with Gasteiger partial charge in [-0.2, -0.15) is 9.97 Å². The summed E-state index contributed by atoms with van der Waals surface area (Å²) in [5.41, 5.74) is -0.872. The fourth-order valence-corrected chi connectivity index (χ4v) is 7.12. The second kappa shape index (κ2) is 18.1. The maximum absolute atomic E-state index is 12.3. The molecule has 268 valence electrons. The van der Waals surface area contributed by atoms with Gasteiger partial charge in [0, 0.05) is 38.3 Å². The maximum atomic E-state index is 12.3. The number of nitrogens with zero attached hydrogens (tertiary/aromatic N) is 6. The number of morpholine rings is 1. The quantitative estimate of drug-likeness (QED) is 0.167. The Balaban J connectivity index is 0.000000188. The second-order valence-electron chi connectivity index (χ2n) is 12.1. The Morgan fingerprint density at radius 3 is 1.58 bits per heavy atom. The van der Waals surface area contributed by atoms with E-state index in [-0.39, 0.29) is 26.1 Å². The number of aliphatic hydroxyl groups excluding tert-OH is 4. The van der Waals surface area contributed by atoms with E-state index in [1.54, 1.807) is 12.4 Å². The molecule has 0 saturated carbocycles. The number of ether oxygens (including phenoxy) is 3. The second-order valence-corrected chi connectivity index (χ2v) is 14.4. The molecule has 6 rings (SSSR count). The zero-order chi connectivity index (χ0) is 34.2. The molecular formula is C29H44I2N8O9. The van der Waals surface area contributed by atoms with Crippen LogP contribution in [0.3, 0.4) is 0 Å². The Hall–Kier alpha value is -1.54. The molecule has 0 bridgehead atoms. The van der Waals surface area contributed by atoms with Gasteiger partial charge in [0.25, 0.3) is 0 Å². The van der Waals surface area contributed by atoms with Gasteiger partial charge in [-0.15, -0.1) is 0 Å². The molecule has 48 heavy (non-hydrogen) atoms. The van der Waals surface area contributed by atoms with Crippen molar-refractivity contribution in [3.05, 3.63) is 40.5 Å².